The highest BCUT2D eigenvalue weighted by Crippen LogP contribution is 2.30. The minimum absolute atomic E-state index is 0.151. The average Bonchev–Trinajstić information content (AvgIpc) is 3.28. The summed E-state index contributed by atoms with van der Waals surface area (Å²) in [4.78, 5) is 48.6. The molecule has 7 nitrogen and oxygen atoms in total. The summed E-state index contributed by atoms with van der Waals surface area (Å²) in [6, 6.07) is 4.91. The van der Waals surface area contributed by atoms with Crippen LogP contribution in [0.5, 0.6) is 0 Å². The number of hydrogen-bond donors (Lipinski definition) is 2. The lowest BCUT2D eigenvalue weighted by molar-refractivity contribution is -0.121. The topological polar surface area (TPSA) is 95.6 Å². The zero-order chi connectivity index (χ0) is 27.2. The molecule has 2 unspecified atom stereocenters. The zero-order valence-corrected chi connectivity index (χ0v) is 22.8. The van der Waals surface area contributed by atoms with Gasteiger partial charge in [-0.3, -0.25) is 14.4 Å². The highest BCUT2D eigenvalue weighted by atomic mass is 16.2. The smallest absolute Gasteiger partial charge is 0.255 e. The van der Waals surface area contributed by atoms with Crippen molar-refractivity contribution in [3.05, 3.63) is 34.9 Å². The largest absolute Gasteiger partial charge is 0.359 e. The van der Waals surface area contributed by atoms with Crippen LogP contribution in [-0.2, 0) is 20.9 Å². The molecule has 1 aromatic carbocycles. The zero-order valence-electron chi connectivity index (χ0n) is 22.8. The fourth-order valence-electron chi connectivity index (χ4n) is 5.83. The highest BCUT2D eigenvalue weighted by molar-refractivity contribution is 6.00. The van der Waals surface area contributed by atoms with Crippen LogP contribution >= 0.6 is 0 Å². The van der Waals surface area contributed by atoms with E-state index in [2.05, 4.69) is 22.5 Å². The van der Waals surface area contributed by atoms with Crippen LogP contribution in [0.15, 0.2) is 18.2 Å². The van der Waals surface area contributed by atoms with Gasteiger partial charge in [-0.05, 0) is 48.8 Å². The minimum atomic E-state index is -0.637. The van der Waals surface area contributed by atoms with Crippen LogP contribution in [0.25, 0.3) is 0 Å². The molecule has 2 aliphatic rings. The van der Waals surface area contributed by atoms with E-state index in [1.54, 1.807) is 18.0 Å². The Morgan fingerprint density at radius 2 is 1.95 bits per heavy atom. The fraction of sp³-hybridized carbons (Fsp3) is 0.613. The average molecular weight is 522 g/mol. The Morgan fingerprint density at radius 3 is 2.68 bits per heavy atom. The summed E-state index contributed by atoms with van der Waals surface area (Å²) in [5.74, 6) is 7.69. The Balaban J connectivity index is 1.56. The van der Waals surface area contributed by atoms with E-state index < -0.39 is 6.04 Å². The number of nitrogens with one attached hydrogen (secondary N) is 2. The third-order valence-corrected chi connectivity index (χ3v) is 8.13. The molecule has 2 N–H and O–H groups in total. The molecule has 38 heavy (non-hydrogen) atoms. The molecule has 0 saturated heterocycles. The van der Waals surface area contributed by atoms with Gasteiger partial charge in [-0.25, -0.2) is 0 Å². The number of benzene rings is 1. The predicted molar refractivity (Wildman–Crippen MR) is 148 cm³/mol. The lowest BCUT2D eigenvalue weighted by atomic mass is 9.84. The summed E-state index contributed by atoms with van der Waals surface area (Å²) in [6.07, 6.45) is 15.4. The SMILES string of the molecule is CNC(=O)CCC(C=O)N1Cc2c(C#CCCC(CCCC3CCCCC3)CCNC=O)cccc2C1=O. The van der Waals surface area contributed by atoms with E-state index in [0.717, 1.165) is 49.0 Å². The van der Waals surface area contributed by atoms with Crippen molar-refractivity contribution < 1.29 is 19.2 Å². The molecule has 7 heteroatoms. The lowest BCUT2D eigenvalue weighted by Gasteiger charge is -2.22. The van der Waals surface area contributed by atoms with Gasteiger partial charge in [0.1, 0.15) is 6.29 Å². The number of rotatable bonds is 15. The Labute approximate surface area is 227 Å². The van der Waals surface area contributed by atoms with Gasteiger partial charge in [-0.1, -0.05) is 69.3 Å². The maximum Gasteiger partial charge on any atom is 0.255 e. The van der Waals surface area contributed by atoms with Gasteiger partial charge in [-0.15, -0.1) is 0 Å². The monoisotopic (exact) mass is 521 g/mol. The van der Waals surface area contributed by atoms with Crippen LogP contribution in [0.4, 0.5) is 0 Å². The Morgan fingerprint density at radius 1 is 1.13 bits per heavy atom. The summed E-state index contributed by atoms with van der Waals surface area (Å²) in [5.41, 5.74) is 2.27. The maximum atomic E-state index is 13.0. The summed E-state index contributed by atoms with van der Waals surface area (Å²) in [7, 11) is 1.56. The van der Waals surface area contributed by atoms with E-state index in [0.29, 0.717) is 31.0 Å². The van der Waals surface area contributed by atoms with Crippen LogP contribution in [0.3, 0.4) is 0 Å². The van der Waals surface area contributed by atoms with E-state index in [1.165, 1.54) is 51.4 Å². The number of carbonyl (C=O) groups excluding carboxylic acids is 4. The number of nitrogens with zero attached hydrogens (tertiary/aromatic N) is 1. The van der Waals surface area contributed by atoms with E-state index >= 15 is 0 Å². The Hall–Kier alpha value is -3.14. The molecule has 1 aromatic rings. The maximum absolute atomic E-state index is 13.0. The number of amides is 3. The lowest BCUT2D eigenvalue weighted by Crippen LogP contribution is -2.37. The highest BCUT2D eigenvalue weighted by Gasteiger charge is 2.33. The molecule has 1 aliphatic carbocycles. The first-order valence-corrected chi connectivity index (χ1v) is 14.3. The van der Waals surface area contributed by atoms with Gasteiger partial charge < -0.3 is 20.3 Å². The normalized spacial score (nSPS) is 16.7. The number of fused-ring (bicyclic) bond motifs is 1. The van der Waals surface area contributed by atoms with E-state index in [4.69, 9.17) is 0 Å². The molecule has 3 amide bonds. The van der Waals surface area contributed by atoms with E-state index in [9.17, 15) is 19.2 Å². The molecule has 1 aliphatic heterocycles. The first-order valence-electron chi connectivity index (χ1n) is 14.3. The van der Waals surface area contributed by atoms with Gasteiger partial charge >= 0.3 is 0 Å². The molecule has 0 spiro atoms. The molecular formula is C31H43N3O4. The molecule has 1 heterocycles. The van der Waals surface area contributed by atoms with Crippen molar-refractivity contribution in [3.8, 4) is 11.8 Å². The molecule has 1 saturated carbocycles. The molecule has 2 atom stereocenters. The van der Waals surface area contributed by atoms with Crippen LogP contribution in [-0.4, -0.2) is 49.0 Å². The van der Waals surface area contributed by atoms with Crippen LogP contribution < -0.4 is 10.6 Å². The first-order chi connectivity index (χ1) is 18.6. The Kier molecular flexibility index (Phi) is 12.4. The van der Waals surface area contributed by atoms with Crippen molar-refractivity contribution in [2.24, 2.45) is 11.8 Å². The van der Waals surface area contributed by atoms with Gasteiger partial charge in [0, 0.05) is 44.1 Å². The van der Waals surface area contributed by atoms with Crippen molar-refractivity contribution >= 4 is 24.5 Å². The quantitative estimate of drug-likeness (QED) is 0.204. The molecule has 206 valence electrons. The third-order valence-electron chi connectivity index (χ3n) is 8.13. The number of hydrogen-bond acceptors (Lipinski definition) is 4. The van der Waals surface area contributed by atoms with Crippen molar-refractivity contribution in [3.63, 3.8) is 0 Å². The van der Waals surface area contributed by atoms with Crippen molar-refractivity contribution in [2.45, 2.75) is 96.1 Å². The molecule has 0 radical (unpaired) electrons. The second-order valence-electron chi connectivity index (χ2n) is 10.7. The summed E-state index contributed by atoms with van der Waals surface area (Å²) >= 11 is 0. The predicted octanol–water partition coefficient (Wildman–Crippen LogP) is 4.37. The Bertz CT molecular complexity index is 1010. The van der Waals surface area contributed by atoms with Gasteiger partial charge in [-0.2, -0.15) is 0 Å². The van der Waals surface area contributed by atoms with Crippen LogP contribution in [0, 0.1) is 23.7 Å². The summed E-state index contributed by atoms with van der Waals surface area (Å²) < 4.78 is 0. The molecule has 3 rings (SSSR count). The van der Waals surface area contributed by atoms with Gasteiger partial charge in [0.05, 0.1) is 6.04 Å². The van der Waals surface area contributed by atoms with E-state index in [1.807, 2.05) is 12.1 Å². The van der Waals surface area contributed by atoms with Crippen LogP contribution in [0.2, 0.25) is 0 Å². The molecule has 0 aromatic heterocycles. The van der Waals surface area contributed by atoms with Gasteiger partial charge in [0.25, 0.3) is 5.91 Å². The second-order valence-corrected chi connectivity index (χ2v) is 10.7. The molecular weight excluding hydrogens is 478 g/mol. The second kappa shape index (κ2) is 16.0. The van der Waals surface area contributed by atoms with Crippen molar-refractivity contribution in [2.75, 3.05) is 13.6 Å². The van der Waals surface area contributed by atoms with E-state index in [-0.39, 0.29) is 18.2 Å². The van der Waals surface area contributed by atoms with Crippen LogP contribution in [0.1, 0.15) is 105 Å². The van der Waals surface area contributed by atoms with Gasteiger partial charge in [0.15, 0.2) is 0 Å². The van der Waals surface area contributed by atoms with Crippen molar-refractivity contribution in [1.29, 1.82) is 0 Å². The summed E-state index contributed by atoms with van der Waals surface area (Å²) in [5, 5.41) is 5.36. The van der Waals surface area contributed by atoms with Gasteiger partial charge in [0.2, 0.25) is 12.3 Å². The van der Waals surface area contributed by atoms with Crippen molar-refractivity contribution in [1.82, 2.24) is 15.5 Å². The standard InChI is InChI=1S/C31H43N3O4/c1-32-30(37)18-17-27(22-35)34-21-29-26(15-8-16-28(29)31(34)38)14-6-5-11-25(19-20-33-23-36)13-7-12-24-9-3-2-4-10-24/h8,15-16,22-25,27H,2-5,7,9-13,17-21H2,1H3,(H,32,37)(H,33,36). The third kappa shape index (κ3) is 8.72. The summed E-state index contributed by atoms with van der Waals surface area (Å²) in [6.45, 7) is 1.03. The fourth-order valence-corrected chi connectivity index (χ4v) is 5.83. The number of carbonyl (C=O) groups is 4. The minimum Gasteiger partial charge on any atom is -0.359 e. The molecule has 1 fully saturated rings. The first kappa shape index (κ1) is 29.4. The molecule has 0 bridgehead atoms. The number of aldehydes is 1.